The van der Waals surface area contributed by atoms with Crippen molar-refractivity contribution < 1.29 is 25.7 Å². The van der Waals surface area contributed by atoms with E-state index in [2.05, 4.69) is 15.0 Å². The fourth-order valence-corrected chi connectivity index (χ4v) is 5.61. The molecule has 2 aromatic heterocycles. The van der Waals surface area contributed by atoms with Crippen molar-refractivity contribution in [1.29, 1.82) is 0 Å². The Bertz CT molecular complexity index is 1180. The number of hydrogen-bond acceptors (Lipinski definition) is 8. The Morgan fingerprint density at radius 1 is 1.30 bits per heavy atom. The predicted molar refractivity (Wildman–Crippen MR) is 118 cm³/mol. The highest BCUT2D eigenvalue weighted by Crippen LogP contribution is 2.43. The highest BCUT2D eigenvalue weighted by molar-refractivity contribution is 6.30. The molecule has 0 aromatic carbocycles. The molecule has 1 aliphatic carbocycles. The van der Waals surface area contributed by atoms with E-state index in [0.717, 1.165) is 19.3 Å². The lowest BCUT2D eigenvalue weighted by molar-refractivity contribution is 0.107. The number of hydrogen-bond donors (Lipinski definition) is 0. The summed E-state index contributed by atoms with van der Waals surface area (Å²) in [5, 5.41) is -0.187. The minimum absolute atomic E-state index is 0.0194. The lowest BCUT2D eigenvalue weighted by Crippen LogP contribution is -2.43. The van der Waals surface area contributed by atoms with Crippen LogP contribution in [-0.4, -0.2) is 83.6 Å². The Labute approximate surface area is 198 Å². The molecule has 5 heterocycles. The van der Waals surface area contributed by atoms with Crippen LogP contribution in [0.3, 0.4) is 0 Å². The van der Waals surface area contributed by atoms with Crippen LogP contribution < -0.4 is 14.4 Å². The first-order chi connectivity index (χ1) is 16.7. The van der Waals surface area contributed by atoms with Gasteiger partial charge in [0, 0.05) is 26.1 Å². The molecule has 6 rings (SSSR count). The van der Waals surface area contributed by atoms with E-state index >= 15 is 4.39 Å². The minimum atomic E-state index is -2.31. The Kier molecular flexibility index (Phi) is 4.69. The summed E-state index contributed by atoms with van der Waals surface area (Å²) in [6.45, 7) is -0.358. The average Bonchev–Trinajstić information content (AvgIpc) is 3.39. The number of ether oxygens (including phenoxy) is 3. The molecule has 0 amide bonds. The minimum Gasteiger partial charge on any atom is -0.480 e. The standard InChI is InChI=1S/C22H26ClF2N5O3/c1-31-20-15-17(16(25)18(23)27-20)26-21(28-19(15)30-6-3-7-32-14-8-13(14)30)33-11-22-4-2-5-29(22)10-12(24)9-22/h12-14H,2-11H2,1H3/t12-,13?,14?,22+/m1/s1/i11D2. The summed E-state index contributed by atoms with van der Waals surface area (Å²) in [5.74, 6) is -0.482. The van der Waals surface area contributed by atoms with Crippen LogP contribution >= 0.6 is 11.6 Å². The Hall–Kier alpha value is -2.04. The number of rotatable bonds is 5. The second-order valence-corrected chi connectivity index (χ2v) is 9.48. The van der Waals surface area contributed by atoms with Crippen LogP contribution in [0, 0.1) is 5.82 Å². The number of aromatic nitrogens is 3. The number of halogens is 3. The van der Waals surface area contributed by atoms with E-state index in [4.69, 9.17) is 28.6 Å². The SMILES string of the molecule is [2H]C([2H])(Oc1nc(N2CCCOC3CC32)c2c(OC)nc(Cl)c(F)c2n1)[C@@]12CCCN1C[C@H](F)C2. The van der Waals surface area contributed by atoms with Gasteiger partial charge in [0.25, 0.3) is 0 Å². The zero-order valence-electron chi connectivity index (χ0n) is 20.2. The van der Waals surface area contributed by atoms with Crippen molar-refractivity contribution in [2.24, 2.45) is 0 Å². The second kappa shape index (κ2) is 8.02. The molecule has 0 N–H and O–H groups in total. The van der Waals surface area contributed by atoms with Crippen LogP contribution in [0.2, 0.25) is 5.15 Å². The highest BCUT2D eigenvalue weighted by Gasteiger charge is 2.50. The number of methoxy groups -OCH3 is 1. The molecule has 4 aliphatic rings. The third kappa shape index (κ3) is 3.57. The van der Waals surface area contributed by atoms with Crippen molar-refractivity contribution in [3.63, 3.8) is 0 Å². The Morgan fingerprint density at radius 3 is 3.03 bits per heavy atom. The number of anilines is 1. The highest BCUT2D eigenvalue weighted by atomic mass is 35.5. The molecule has 2 unspecified atom stereocenters. The van der Waals surface area contributed by atoms with Gasteiger partial charge in [0.1, 0.15) is 29.5 Å². The third-order valence-electron chi connectivity index (χ3n) is 7.05. The van der Waals surface area contributed by atoms with E-state index in [-0.39, 0.29) is 47.9 Å². The maximum Gasteiger partial charge on any atom is 0.319 e. The Balaban J connectivity index is 1.48. The summed E-state index contributed by atoms with van der Waals surface area (Å²) in [7, 11) is 1.40. The molecule has 4 fully saturated rings. The molecule has 8 nitrogen and oxygen atoms in total. The van der Waals surface area contributed by atoms with E-state index in [1.165, 1.54) is 7.11 Å². The molecule has 3 saturated heterocycles. The molecule has 4 atom stereocenters. The predicted octanol–water partition coefficient (Wildman–Crippen LogP) is 3.15. The molecule has 1 saturated carbocycles. The van der Waals surface area contributed by atoms with Gasteiger partial charge in [-0.2, -0.15) is 15.0 Å². The summed E-state index contributed by atoms with van der Waals surface area (Å²) < 4.78 is 64.2. The van der Waals surface area contributed by atoms with E-state index in [0.29, 0.717) is 31.9 Å². The average molecular weight is 484 g/mol. The van der Waals surface area contributed by atoms with Crippen LogP contribution in [-0.2, 0) is 4.74 Å². The maximum atomic E-state index is 15.2. The first kappa shape index (κ1) is 19.3. The topological polar surface area (TPSA) is 72.8 Å². The fourth-order valence-electron chi connectivity index (χ4n) is 5.44. The van der Waals surface area contributed by atoms with Gasteiger partial charge in [-0.05, 0) is 32.2 Å². The first-order valence-electron chi connectivity index (χ1n) is 12.3. The molecule has 3 aliphatic heterocycles. The number of alkyl halides is 1. The largest absolute Gasteiger partial charge is 0.480 e. The van der Waals surface area contributed by atoms with E-state index in [1.54, 1.807) is 0 Å². The molecular formula is C22H26ClF2N5O3. The molecular weight excluding hydrogens is 456 g/mol. The van der Waals surface area contributed by atoms with Crippen LogP contribution in [0.15, 0.2) is 0 Å². The van der Waals surface area contributed by atoms with Gasteiger partial charge in [-0.1, -0.05) is 11.6 Å². The van der Waals surface area contributed by atoms with Crippen molar-refractivity contribution >= 4 is 28.3 Å². The fraction of sp³-hybridized carbons (Fsp3) is 0.682. The smallest absolute Gasteiger partial charge is 0.319 e. The molecule has 178 valence electrons. The number of fused-ring (bicyclic) bond motifs is 3. The summed E-state index contributed by atoms with van der Waals surface area (Å²) >= 11 is 6.03. The van der Waals surface area contributed by atoms with Crippen molar-refractivity contribution in [1.82, 2.24) is 19.9 Å². The van der Waals surface area contributed by atoms with Gasteiger partial charge in [0.05, 0.1) is 27.5 Å². The van der Waals surface area contributed by atoms with Crippen LogP contribution in [0.4, 0.5) is 14.6 Å². The summed E-state index contributed by atoms with van der Waals surface area (Å²) in [6.07, 6.45) is 1.64. The molecule has 0 spiro atoms. The lowest BCUT2D eigenvalue weighted by atomic mass is 9.95. The molecule has 33 heavy (non-hydrogen) atoms. The van der Waals surface area contributed by atoms with E-state index in [1.807, 2.05) is 9.80 Å². The quantitative estimate of drug-likeness (QED) is 0.601. The van der Waals surface area contributed by atoms with E-state index in [9.17, 15) is 4.39 Å². The summed E-state index contributed by atoms with van der Waals surface area (Å²) in [6, 6.07) is -0.304. The molecule has 0 bridgehead atoms. The number of pyridine rings is 1. The van der Waals surface area contributed by atoms with Gasteiger partial charge < -0.3 is 19.1 Å². The maximum absolute atomic E-state index is 15.2. The van der Waals surface area contributed by atoms with Gasteiger partial charge in [-0.25, -0.2) is 8.78 Å². The lowest BCUT2D eigenvalue weighted by Gasteiger charge is -2.31. The van der Waals surface area contributed by atoms with Crippen LogP contribution in [0.25, 0.3) is 10.9 Å². The number of nitrogens with zero attached hydrogens (tertiary/aromatic N) is 5. The van der Waals surface area contributed by atoms with Crippen molar-refractivity contribution in [3.05, 3.63) is 11.0 Å². The zero-order chi connectivity index (χ0) is 24.5. The van der Waals surface area contributed by atoms with Crippen molar-refractivity contribution in [3.8, 4) is 11.9 Å². The van der Waals surface area contributed by atoms with Gasteiger partial charge >= 0.3 is 6.01 Å². The van der Waals surface area contributed by atoms with Crippen molar-refractivity contribution in [2.75, 3.05) is 44.8 Å². The first-order valence-corrected chi connectivity index (χ1v) is 11.7. The van der Waals surface area contributed by atoms with Gasteiger partial charge in [0.2, 0.25) is 5.88 Å². The van der Waals surface area contributed by atoms with Crippen molar-refractivity contribution in [2.45, 2.75) is 56.0 Å². The van der Waals surface area contributed by atoms with Crippen LogP contribution in [0.1, 0.15) is 34.8 Å². The Morgan fingerprint density at radius 2 is 2.18 bits per heavy atom. The summed E-state index contributed by atoms with van der Waals surface area (Å²) in [5.41, 5.74) is -1.30. The van der Waals surface area contributed by atoms with Gasteiger partial charge in [0.15, 0.2) is 11.0 Å². The van der Waals surface area contributed by atoms with Gasteiger partial charge in [-0.15, -0.1) is 0 Å². The van der Waals surface area contributed by atoms with E-state index < -0.39 is 29.2 Å². The third-order valence-corrected chi connectivity index (χ3v) is 7.30. The summed E-state index contributed by atoms with van der Waals surface area (Å²) in [4.78, 5) is 16.6. The second-order valence-electron chi connectivity index (χ2n) is 9.13. The molecule has 11 heteroatoms. The monoisotopic (exact) mass is 483 g/mol. The molecule has 0 radical (unpaired) electrons. The normalized spacial score (nSPS) is 32.7. The molecule has 2 aromatic rings. The van der Waals surface area contributed by atoms with Crippen LogP contribution in [0.5, 0.6) is 11.9 Å². The zero-order valence-corrected chi connectivity index (χ0v) is 18.9. The van der Waals surface area contributed by atoms with Gasteiger partial charge in [-0.3, -0.25) is 4.90 Å².